The van der Waals surface area contributed by atoms with Gasteiger partial charge in [-0.25, -0.2) is 0 Å². The molecule has 0 fully saturated rings. The molecule has 0 atom stereocenters. The van der Waals surface area contributed by atoms with E-state index in [0.717, 1.165) is 5.39 Å². The second-order valence-corrected chi connectivity index (χ2v) is 7.90. The average molecular weight is 510 g/mol. The van der Waals surface area contributed by atoms with E-state index >= 15 is 0 Å². The molecule has 146 valence electrons. The van der Waals surface area contributed by atoms with E-state index in [1.54, 1.807) is 12.1 Å². The number of carbonyl (C=O) groups excluding carboxylic acids is 1. The molecule has 1 N–H and O–H groups in total. The van der Waals surface area contributed by atoms with E-state index in [0.29, 0.717) is 50.0 Å². The van der Waals surface area contributed by atoms with Gasteiger partial charge in [0.25, 0.3) is 0 Å². The van der Waals surface area contributed by atoms with E-state index in [1.165, 1.54) is 0 Å². The Labute approximate surface area is 178 Å². The smallest absolute Gasteiger partial charge is 0.303 e. The van der Waals surface area contributed by atoms with Crippen molar-refractivity contribution in [2.24, 2.45) is 0 Å². The highest BCUT2D eigenvalue weighted by atomic mass is 79.9. The summed E-state index contributed by atoms with van der Waals surface area (Å²) in [6.07, 6.45) is 1.05. The van der Waals surface area contributed by atoms with Gasteiger partial charge in [-0.2, -0.15) is 0 Å². The number of aliphatic carboxylic acids is 1. The lowest BCUT2D eigenvalue weighted by atomic mass is 9.99. The first-order valence-electron chi connectivity index (χ1n) is 8.81. The number of aryl methyl sites for hydroxylation is 1. The van der Waals surface area contributed by atoms with Crippen LogP contribution in [0, 0.1) is 0 Å². The molecule has 3 rings (SSSR count). The molecule has 1 aromatic heterocycles. The molecule has 0 saturated heterocycles. The first-order valence-corrected chi connectivity index (χ1v) is 10.4. The van der Waals surface area contributed by atoms with Crippen LogP contribution in [0.25, 0.3) is 11.0 Å². The monoisotopic (exact) mass is 508 g/mol. The largest absolute Gasteiger partial charge is 0.491 e. The van der Waals surface area contributed by atoms with Crippen LogP contribution >= 0.6 is 31.9 Å². The van der Waals surface area contributed by atoms with Gasteiger partial charge >= 0.3 is 5.97 Å². The van der Waals surface area contributed by atoms with Gasteiger partial charge in [-0.3, -0.25) is 9.59 Å². The van der Waals surface area contributed by atoms with Crippen LogP contribution in [0.5, 0.6) is 5.75 Å². The van der Waals surface area contributed by atoms with Crippen molar-refractivity contribution in [3.8, 4) is 5.75 Å². The molecule has 1 heterocycles. The third-order valence-electron chi connectivity index (χ3n) is 4.26. The highest BCUT2D eigenvalue weighted by Crippen LogP contribution is 2.37. The fourth-order valence-corrected chi connectivity index (χ4v) is 4.38. The third kappa shape index (κ3) is 4.31. The van der Waals surface area contributed by atoms with Crippen molar-refractivity contribution in [2.45, 2.75) is 26.2 Å². The Morgan fingerprint density at radius 3 is 2.46 bits per heavy atom. The highest BCUT2D eigenvalue weighted by Gasteiger charge is 2.22. The lowest BCUT2D eigenvalue weighted by Gasteiger charge is -2.12. The van der Waals surface area contributed by atoms with Gasteiger partial charge in [0.15, 0.2) is 5.78 Å². The van der Waals surface area contributed by atoms with Crippen LogP contribution in [0.2, 0.25) is 0 Å². The lowest BCUT2D eigenvalue weighted by molar-refractivity contribution is -0.137. The van der Waals surface area contributed by atoms with Crippen molar-refractivity contribution in [3.63, 3.8) is 0 Å². The van der Waals surface area contributed by atoms with Crippen molar-refractivity contribution in [1.29, 1.82) is 0 Å². The predicted molar refractivity (Wildman–Crippen MR) is 113 cm³/mol. The zero-order chi connectivity index (χ0) is 20.3. The number of rotatable bonds is 8. The van der Waals surface area contributed by atoms with E-state index in [2.05, 4.69) is 31.9 Å². The number of carbonyl (C=O) groups is 2. The number of halogens is 2. The van der Waals surface area contributed by atoms with Crippen molar-refractivity contribution < 1.29 is 23.8 Å². The fraction of sp³-hybridized carbons (Fsp3) is 0.238. The molecule has 7 heteroatoms. The van der Waals surface area contributed by atoms with Gasteiger partial charge < -0.3 is 14.3 Å². The number of furan rings is 1. The van der Waals surface area contributed by atoms with Crippen molar-refractivity contribution >= 4 is 54.6 Å². The number of ketones is 1. The predicted octanol–water partition coefficient (Wildman–Crippen LogP) is 5.99. The molecule has 0 aliphatic heterocycles. The summed E-state index contributed by atoms with van der Waals surface area (Å²) >= 11 is 6.90. The number of fused-ring (bicyclic) bond motifs is 1. The minimum Gasteiger partial charge on any atom is -0.491 e. The Morgan fingerprint density at radius 1 is 1.14 bits per heavy atom. The van der Waals surface area contributed by atoms with Crippen LogP contribution in [-0.2, 0) is 11.2 Å². The lowest BCUT2D eigenvalue weighted by Crippen LogP contribution is -2.06. The van der Waals surface area contributed by atoms with Crippen molar-refractivity contribution in [1.82, 2.24) is 0 Å². The zero-order valence-corrected chi connectivity index (χ0v) is 18.3. The standard InChI is InChI=1S/C21H18Br2O5/c1-2-16-19(13-6-3-4-7-17(13)28-16)20(26)12-10-14(22)21(15(23)11-12)27-9-5-8-18(24)25/h3-4,6-7,10-11H,2,5,8-9H2,1H3,(H,24,25). The molecule has 3 aromatic rings. The molecular weight excluding hydrogens is 492 g/mol. The number of hydrogen-bond acceptors (Lipinski definition) is 4. The van der Waals surface area contributed by atoms with E-state index in [1.807, 2.05) is 31.2 Å². The van der Waals surface area contributed by atoms with Crippen LogP contribution < -0.4 is 4.74 Å². The fourth-order valence-electron chi connectivity index (χ4n) is 2.96. The molecule has 0 radical (unpaired) electrons. The Bertz CT molecular complexity index is 1020. The van der Waals surface area contributed by atoms with Crippen LogP contribution in [0.4, 0.5) is 0 Å². The van der Waals surface area contributed by atoms with Gasteiger partial charge in [0.05, 0.1) is 21.1 Å². The van der Waals surface area contributed by atoms with Crippen LogP contribution in [-0.4, -0.2) is 23.5 Å². The summed E-state index contributed by atoms with van der Waals surface area (Å²) in [5.74, 6) is 0.213. The minimum atomic E-state index is -0.859. The molecule has 0 bridgehead atoms. The molecule has 0 spiro atoms. The maximum absolute atomic E-state index is 13.2. The third-order valence-corrected chi connectivity index (χ3v) is 5.44. The summed E-state index contributed by atoms with van der Waals surface area (Å²) in [6.45, 7) is 2.22. The second kappa shape index (κ2) is 8.92. The number of carboxylic acids is 1. The molecule has 5 nitrogen and oxygen atoms in total. The topological polar surface area (TPSA) is 76.7 Å². The molecule has 2 aromatic carbocycles. The first kappa shape index (κ1) is 20.6. The summed E-state index contributed by atoms with van der Waals surface area (Å²) in [7, 11) is 0. The Kier molecular flexibility index (Phi) is 6.57. The maximum atomic E-state index is 13.2. The molecule has 0 amide bonds. The highest BCUT2D eigenvalue weighted by molar-refractivity contribution is 9.11. The first-order chi connectivity index (χ1) is 13.4. The van der Waals surface area contributed by atoms with E-state index < -0.39 is 5.97 Å². The molecule has 0 aliphatic rings. The van der Waals surface area contributed by atoms with Gasteiger partial charge in [0.1, 0.15) is 17.1 Å². The summed E-state index contributed by atoms with van der Waals surface area (Å²) in [4.78, 5) is 23.8. The second-order valence-electron chi connectivity index (χ2n) is 6.19. The quantitative estimate of drug-likeness (QED) is 0.298. The molecule has 28 heavy (non-hydrogen) atoms. The van der Waals surface area contributed by atoms with Crippen LogP contribution in [0.3, 0.4) is 0 Å². The molecule has 0 unspecified atom stereocenters. The summed E-state index contributed by atoms with van der Waals surface area (Å²) in [5, 5.41) is 9.50. The van der Waals surface area contributed by atoms with Crippen LogP contribution in [0.1, 0.15) is 41.4 Å². The number of para-hydroxylation sites is 1. The maximum Gasteiger partial charge on any atom is 0.303 e. The number of benzene rings is 2. The van der Waals surface area contributed by atoms with Gasteiger partial charge in [-0.15, -0.1) is 0 Å². The number of hydrogen-bond donors (Lipinski definition) is 1. The van der Waals surface area contributed by atoms with E-state index in [4.69, 9.17) is 14.3 Å². The summed E-state index contributed by atoms with van der Waals surface area (Å²) < 4.78 is 12.7. The van der Waals surface area contributed by atoms with Gasteiger partial charge in [0.2, 0.25) is 0 Å². The molecule has 0 aliphatic carbocycles. The van der Waals surface area contributed by atoms with Crippen LogP contribution in [0.15, 0.2) is 49.8 Å². The van der Waals surface area contributed by atoms with E-state index in [-0.39, 0.29) is 18.8 Å². The minimum absolute atomic E-state index is 0.0408. The zero-order valence-electron chi connectivity index (χ0n) is 15.1. The van der Waals surface area contributed by atoms with E-state index in [9.17, 15) is 9.59 Å². The van der Waals surface area contributed by atoms with Crippen molar-refractivity contribution in [2.75, 3.05) is 6.61 Å². The normalized spacial score (nSPS) is 11.0. The van der Waals surface area contributed by atoms with Gasteiger partial charge in [0, 0.05) is 23.8 Å². The Morgan fingerprint density at radius 2 is 1.82 bits per heavy atom. The average Bonchev–Trinajstić information content (AvgIpc) is 3.04. The SMILES string of the molecule is CCc1oc2ccccc2c1C(=O)c1cc(Br)c(OCCCC(=O)O)c(Br)c1. The Hall–Kier alpha value is -2.12. The number of carboxylic acid groups (broad SMARTS) is 1. The van der Waals surface area contributed by atoms with Gasteiger partial charge in [-0.05, 0) is 56.5 Å². The number of ether oxygens (including phenoxy) is 1. The Balaban J connectivity index is 1.90. The molecule has 0 saturated carbocycles. The molecular formula is C21H18Br2O5. The van der Waals surface area contributed by atoms with Crippen molar-refractivity contribution in [3.05, 3.63) is 62.2 Å². The summed E-state index contributed by atoms with van der Waals surface area (Å²) in [5.41, 5.74) is 1.77. The van der Waals surface area contributed by atoms with Gasteiger partial charge in [-0.1, -0.05) is 25.1 Å². The summed E-state index contributed by atoms with van der Waals surface area (Å²) in [6, 6.07) is 10.9.